The standard InChI is InChI=1S/C16H19N3O4S/c1-12-7-8-13(19(20)21)11-16(12)24(22,23)18-10-4-6-15(18)14-5-3-9-17(14)2/h3,5,7-9,11,15H,4,6,10H2,1-2H3/t15-/m1/s1. The highest BCUT2D eigenvalue weighted by molar-refractivity contribution is 7.89. The highest BCUT2D eigenvalue weighted by atomic mass is 32.2. The predicted molar refractivity (Wildman–Crippen MR) is 89.1 cm³/mol. The van der Waals surface area contributed by atoms with Gasteiger partial charge in [-0.15, -0.1) is 0 Å². The molecule has 0 spiro atoms. The van der Waals surface area contributed by atoms with Crippen molar-refractivity contribution in [3.8, 4) is 0 Å². The maximum absolute atomic E-state index is 13.1. The quantitative estimate of drug-likeness (QED) is 0.627. The summed E-state index contributed by atoms with van der Waals surface area (Å²) in [5.74, 6) is 0. The Balaban J connectivity index is 2.06. The van der Waals surface area contributed by atoms with Crippen molar-refractivity contribution in [2.45, 2.75) is 30.7 Å². The Morgan fingerprint density at radius 1 is 1.29 bits per heavy atom. The number of benzene rings is 1. The van der Waals surface area contributed by atoms with Crippen LogP contribution < -0.4 is 0 Å². The average Bonchev–Trinajstić information content (AvgIpc) is 3.15. The fourth-order valence-electron chi connectivity index (χ4n) is 3.25. The zero-order valence-electron chi connectivity index (χ0n) is 13.5. The van der Waals surface area contributed by atoms with Crippen molar-refractivity contribution in [1.82, 2.24) is 8.87 Å². The number of sulfonamides is 1. The fraction of sp³-hybridized carbons (Fsp3) is 0.375. The zero-order chi connectivity index (χ0) is 17.5. The van der Waals surface area contributed by atoms with Gasteiger partial charge < -0.3 is 4.57 Å². The van der Waals surface area contributed by atoms with Crippen LogP contribution in [0, 0.1) is 17.0 Å². The molecule has 1 aliphatic heterocycles. The molecule has 24 heavy (non-hydrogen) atoms. The van der Waals surface area contributed by atoms with Gasteiger partial charge in [0.15, 0.2) is 0 Å². The molecule has 1 saturated heterocycles. The second-order valence-electron chi connectivity index (χ2n) is 6.02. The number of nitro benzene ring substituents is 1. The SMILES string of the molecule is Cc1ccc([N+](=O)[O-])cc1S(=O)(=O)N1CCC[C@@H]1c1cccn1C. The van der Waals surface area contributed by atoms with Gasteiger partial charge in [0.1, 0.15) is 0 Å². The van der Waals surface area contributed by atoms with E-state index in [-0.39, 0.29) is 16.6 Å². The van der Waals surface area contributed by atoms with E-state index in [0.717, 1.165) is 24.6 Å². The fourth-order valence-corrected chi connectivity index (χ4v) is 5.17. The minimum absolute atomic E-state index is 0.0119. The summed E-state index contributed by atoms with van der Waals surface area (Å²) in [7, 11) is -1.92. The van der Waals surface area contributed by atoms with Gasteiger partial charge in [-0.05, 0) is 37.5 Å². The molecule has 0 amide bonds. The van der Waals surface area contributed by atoms with Crippen LogP contribution in [0.5, 0.6) is 0 Å². The van der Waals surface area contributed by atoms with Gasteiger partial charge >= 0.3 is 0 Å². The van der Waals surface area contributed by atoms with Gasteiger partial charge in [0.25, 0.3) is 5.69 Å². The maximum atomic E-state index is 13.1. The Kier molecular flexibility index (Phi) is 4.18. The first-order valence-corrected chi connectivity index (χ1v) is 9.14. The Morgan fingerprint density at radius 2 is 2.04 bits per heavy atom. The molecule has 1 aromatic heterocycles. The Bertz CT molecular complexity index is 888. The average molecular weight is 349 g/mol. The van der Waals surface area contributed by atoms with Crippen molar-refractivity contribution in [3.05, 3.63) is 57.9 Å². The third kappa shape index (κ3) is 2.71. The van der Waals surface area contributed by atoms with E-state index in [1.807, 2.05) is 29.9 Å². The minimum Gasteiger partial charge on any atom is -0.353 e. The molecule has 3 rings (SSSR count). The number of hydrogen-bond acceptors (Lipinski definition) is 4. The molecule has 0 unspecified atom stereocenters. The summed E-state index contributed by atoms with van der Waals surface area (Å²) < 4.78 is 29.7. The molecular formula is C16H19N3O4S. The number of non-ortho nitro benzene ring substituents is 1. The summed E-state index contributed by atoms with van der Waals surface area (Å²) >= 11 is 0. The van der Waals surface area contributed by atoms with Crippen LogP contribution in [0.15, 0.2) is 41.4 Å². The van der Waals surface area contributed by atoms with E-state index >= 15 is 0 Å². The van der Waals surface area contributed by atoms with Crippen LogP contribution in [0.25, 0.3) is 0 Å². The van der Waals surface area contributed by atoms with Crippen molar-refractivity contribution in [1.29, 1.82) is 0 Å². The van der Waals surface area contributed by atoms with E-state index in [0.29, 0.717) is 12.1 Å². The van der Waals surface area contributed by atoms with Crippen LogP contribution in [-0.4, -0.2) is 28.8 Å². The second-order valence-corrected chi connectivity index (χ2v) is 7.88. The number of aryl methyl sites for hydroxylation is 2. The monoisotopic (exact) mass is 349 g/mol. The van der Waals surface area contributed by atoms with Crippen molar-refractivity contribution in [3.63, 3.8) is 0 Å². The molecule has 8 heteroatoms. The number of nitro groups is 1. The molecule has 2 aromatic rings. The Labute approximate surface area is 140 Å². The molecule has 0 radical (unpaired) electrons. The lowest BCUT2D eigenvalue weighted by molar-refractivity contribution is -0.385. The summed E-state index contributed by atoms with van der Waals surface area (Å²) in [5, 5.41) is 11.0. The van der Waals surface area contributed by atoms with Gasteiger partial charge in [-0.3, -0.25) is 10.1 Å². The van der Waals surface area contributed by atoms with Crippen LogP contribution in [-0.2, 0) is 17.1 Å². The molecule has 1 aliphatic rings. The predicted octanol–water partition coefficient (Wildman–Crippen LogP) is 2.77. The van der Waals surface area contributed by atoms with Gasteiger partial charge in [0.05, 0.1) is 15.9 Å². The third-order valence-electron chi connectivity index (χ3n) is 4.50. The molecule has 7 nitrogen and oxygen atoms in total. The topological polar surface area (TPSA) is 85.4 Å². The van der Waals surface area contributed by atoms with E-state index in [9.17, 15) is 18.5 Å². The van der Waals surface area contributed by atoms with Gasteiger partial charge in [-0.1, -0.05) is 6.07 Å². The third-order valence-corrected chi connectivity index (χ3v) is 6.55. The summed E-state index contributed by atoms with van der Waals surface area (Å²) in [5.41, 5.74) is 1.23. The summed E-state index contributed by atoms with van der Waals surface area (Å²) in [6.45, 7) is 2.07. The highest BCUT2D eigenvalue weighted by Crippen LogP contribution is 2.37. The molecule has 1 fully saturated rings. The molecular weight excluding hydrogens is 330 g/mol. The van der Waals surface area contributed by atoms with Crippen LogP contribution >= 0.6 is 0 Å². The zero-order valence-corrected chi connectivity index (χ0v) is 14.4. The first kappa shape index (κ1) is 16.7. The van der Waals surface area contributed by atoms with Crippen molar-refractivity contribution < 1.29 is 13.3 Å². The minimum atomic E-state index is -3.80. The van der Waals surface area contributed by atoms with Crippen LogP contribution in [0.3, 0.4) is 0 Å². The molecule has 0 bridgehead atoms. The molecule has 128 valence electrons. The molecule has 1 atom stereocenters. The maximum Gasteiger partial charge on any atom is 0.270 e. The van der Waals surface area contributed by atoms with Crippen molar-refractivity contribution >= 4 is 15.7 Å². The molecule has 0 aliphatic carbocycles. The number of aromatic nitrogens is 1. The number of hydrogen-bond donors (Lipinski definition) is 0. The van der Waals surface area contributed by atoms with Crippen LogP contribution in [0.1, 0.15) is 30.1 Å². The van der Waals surface area contributed by atoms with Crippen LogP contribution in [0.2, 0.25) is 0 Å². The second kappa shape index (κ2) is 6.03. The van der Waals surface area contributed by atoms with E-state index < -0.39 is 14.9 Å². The lowest BCUT2D eigenvalue weighted by atomic mass is 10.1. The van der Waals surface area contributed by atoms with E-state index in [4.69, 9.17) is 0 Å². The largest absolute Gasteiger partial charge is 0.353 e. The highest BCUT2D eigenvalue weighted by Gasteiger charge is 2.38. The lowest BCUT2D eigenvalue weighted by Gasteiger charge is -2.25. The van der Waals surface area contributed by atoms with E-state index in [2.05, 4.69) is 0 Å². The number of nitrogens with zero attached hydrogens (tertiary/aromatic N) is 3. The normalized spacial score (nSPS) is 18.8. The Hall–Kier alpha value is -2.19. The summed E-state index contributed by atoms with van der Waals surface area (Å²) in [6, 6.07) is 7.53. The van der Waals surface area contributed by atoms with Gasteiger partial charge in [-0.25, -0.2) is 8.42 Å². The summed E-state index contributed by atoms with van der Waals surface area (Å²) in [4.78, 5) is 10.4. The van der Waals surface area contributed by atoms with Crippen molar-refractivity contribution in [2.75, 3.05) is 6.54 Å². The van der Waals surface area contributed by atoms with Crippen LogP contribution in [0.4, 0.5) is 5.69 Å². The molecule has 2 heterocycles. The van der Waals surface area contributed by atoms with Gasteiger partial charge in [0.2, 0.25) is 10.0 Å². The smallest absolute Gasteiger partial charge is 0.270 e. The first-order chi connectivity index (χ1) is 11.3. The van der Waals surface area contributed by atoms with Gasteiger partial charge in [0, 0.05) is 37.6 Å². The van der Waals surface area contributed by atoms with Gasteiger partial charge in [-0.2, -0.15) is 4.31 Å². The van der Waals surface area contributed by atoms with E-state index in [1.165, 1.54) is 16.4 Å². The Morgan fingerprint density at radius 3 is 2.67 bits per heavy atom. The van der Waals surface area contributed by atoms with Crippen molar-refractivity contribution in [2.24, 2.45) is 7.05 Å². The van der Waals surface area contributed by atoms with E-state index in [1.54, 1.807) is 6.92 Å². The number of rotatable bonds is 4. The lowest BCUT2D eigenvalue weighted by Crippen LogP contribution is -2.32. The first-order valence-electron chi connectivity index (χ1n) is 7.70. The molecule has 0 N–H and O–H groups in total. The molecule has 0 saturated carbocycles. The molecule has 1 aromatic carbocycles. The summed E-state index contributed by atoms with van der Waals surface area (Å²) in [6.07, 6.45) is 3.39.